The van der Waals surface area contributed by atoms with Crippen LogP contribution in [0.1, 0.15) is 30.1 Å². The molecule has 0 aliphatic carbocycles. The highest BCUT2D eigenvalue weighted by Crippen LogP contribution is 2.29. The van der Waals surface area contributed by atoms with Gasteiger partial charge < -0.3 is 10.1 Å². The SMILES string of the molecule is CC1(CNC(=O)c2cc(Cl)ccc2[N+](=O)[O-])CCOCC1. The fourth-order valence-electron chi connectivity index (χ4n) is 2.28. The van der Waals surface area contributed by atoms with E-state index in [9.17, 15) is 14.9 Å². The molecule has 0 saturated carbocycles. The number of nitro groups is 1. The molecular formula is C14H17ClN2O4. The van der Waals surface area contributed by atoms with Gasteiger partial charge in [-0.1, -0.05) is 18.5 Å². The number of ether oxygens (including phenoxy) is 1. The van der Waals surface area contributed by atoms with Crippen molar-refractivity contribution in [3.8, 4) is 0 Å². The molecule has 0 spiro atoms. The van der Waals surface area contributed by atoms with Gasteiger partial charge in [-0.15, -0.1) is 0 Å². The minimum absolute atomic E-state index is 0.0110. The van der Waals surface area contributed by atoms with Crippen molar-refractivity contribution in [3.63, 3.8) is 0 Å². The standard InChI is InChI=1S/C14H17ClN2O4/c1-14(4-6-21-7-5-14)9-16-13(18)11-8-10(15)2-3-12(11)17(19)20/h2-3,8H,4-7,9H2,1H3,(H,16,18). The Bertz CT molecular complexity index is 556. The second-order valence-electron chi connectivity index (χ2n) is 5.52. The molecule has 21 heavy (non-hydrogen) atoms. The van der Waals surface area contributed by atoms with Crippen LogP contribution in [-0.4, -0.2) is 30.6 Å². The maximum absolute atomic E-state index is 12.2. The lowest BCUT2D eigenvalue weighted by Crippen LogP contribution is -2.39. The van der Waals surface area contributed by atoms with Crippen LogP contribution < -0.4 is 5.32 Å². The summed E-state index contributed by atoms with van der Waals surface area (Å²) in [6.07, 6.45) is 1.70. The number of rotatable bonds is 4. The van der Waals surface area contributed by atoms with Crippen molar-refractivity contribution < 1.29 is 14.5 Å². The first kappa shape index (κ1) is 15.7. The number of hydrogen-bond donors (Lipinski definition) is 1. The van der Waals surface area contributed by atoms with Crippen LogP contribution in [0.3, 0.4) is 0 Å². The van der Waals surface area contributed by atoms with Gasteiger partial charge in [-0.2, -0.15) is 0 Å². The summed E-state index contributed by atoms with van der Waals surface area (Å²) in [5.74, 6) is -0.475. The molecule has 1 saturated heterocycles. The first-order valence-corrected chi connectivity index (χ1v) is 7.09. The van der Waals surface area contributed by atoms with Gasteiger partial charge in [0.25, 0.3) is 11.6 Å². The molecule has 114 valence electrons. The average molecular weight is 313 g/mol. The van der Waals surface area contributed by atoms with Crippen molar-refractivity contribution in [1.82, 2.24) is 5.32 Å². The lowest BCUT2D eigenvalue weighted by molar-refractivity contribution is -0.385. The summed E-state index contributed by atoms with van der Waals surface area (Å²) in [5.41, 5.74) is -0.293. The van der Waals surface area contributed by atoms with Gasteiger partial charge in [-0.3, -0.25) is 14.9 Å². The molecule has 1 aliphatic heterocycles. The van der Waals surface area contributed by atoms with E-state index in [1.165, 1.54) is 18.2 Å². The normalized spacial score (nSPS) is 17.2. The van der Waals surface area contributed by atoms with E-state index in [4.69, 9.17) is 16.3 Å². The van der Waals surface area contributed by atoms with Gasteiger partial charge in [0, 0.05) is 30.8 Å². The minimum Gasteiger partial charge on any atom is -0.381 e. The monoisotopic (exact) mass is 312 g/mol. The van der Waals surface area contributed by atoms with Crippen LogP contribution in [0, 0.1) is 15.5 Å². The van der Waals surface area contributed by atoms with Gasteiger partial charge >= 0.3 is 0 Å². The molecule has 1 N–H and O–H groups in total. The fraction of sp³-hybridized carbons (Fsp3) is 0.500. The summed E-state index contributed by atoms with van der Waals surface area (Å²) in [4.78, 5) is 22.6. The third-order valence-electron chi connectivity index (χ3n) is 3.78. The molecule has 1 aromatic carbocycles. The van der Waals surface area contributed by atoms with Gasteiger partial charge in [0.05, 0.1) is 4.92 Å². The zero-order valence-corrected chi connectivity index (χ0v) is 12.5. The highest BCUT2D eigenvalue weighted by molar-refractivity contribution is 6.31. The van der Waals surface area contributed by atoms with Crippen LogP contribution in [-0.2, 0) is 4.74 Å². The van der Waals surface area contributed by atoms with Crippen molar-refractivity contribution in [1.29, 1.82) is 0 Å². The number of amides is 1. The van der Waals surface area contributed by atoms with E-state index in [-0.39, 0.29) is 16.7 Å². The van der Waals surface area contributed by atoms with Crippen molar-refractivity contribution in [2.75, 3.05) is 19.8 Å². The minimum atomic E-state index is -0.582. The van der Waals surface area contributed by atoms with Crippen LogP contribution in [0.5, 0.6) is 0 Å². The molecule has 1 heterocycles. The second-order valence-corrected chi connectivity index (χ2v) is 5.96. The second kappa shape index (κ2) is 6.41. The van der Waals surface area contributed by atoms with Crippen molar-refractivity contribution >= 4 is 23.2 Å². The first-order chi connectivity index (χ1) is 9.91. The van der Waals surface area contributed by atoms with Crippen molar-refractivity contribution in [2.24, 2.45) is 5.41 Å². The Kier molecular flexibility index (Phi) is 4.80. The zero-order valence-electron chi connectivity index (χ0n) is 11.7. The summed E-state index contributed by atoms with van der Waals surface area (Å²) >= 11 is 5.82. The summed E-state index contributed by atoms with van der Waals surface area (Å²) in [7, 11) is 0. The van der Waals surface area contributed by atoms with Gasteiger partial charge in [-0.25, -0.2) is 0 Å². The van der Waals surface area contributed by atoms with Gasteiger partial charge in [0.1, 0.15) is 5.56 Å². The van der Waals surface area contributed by atoms with Gasteiger partial charge in [-0.05, 0) is 30.4 Å². The molecule has 0 bridgehead atoms. The molecule has 1 aromatic rings. The molecule has 6 nitrogen and oxygen atoms in total. The molecular weight excluding hydrogens is 296 g/mol. The Morgan fingerprint density at radius 1 is 1.48 bits per heavy atom. The van der Waals surface area contributed by atoms with E-state index in [1.807, 2.05) is 0 Å². The van der Waals surface area contributed by atoms with Crippen LogP contribution >= 0.6 is 11.6 Å². The lowest BCUT2D eigenvalue weighted by Gasteiger charge is -2.33. The maximum Gasteiger partial charge on any atom is 0.282 e. The van der Waals surface area contributed by atoms with Crippen molar-refractivity contribution in [3.05, 3.63) is 38.9 Å². The molecule has 7 heteroatoms. The third-order valence-corrected chi connectivity index (χ3v) is 4.01. The maximum atomic E-state index is 12.2. The van der Waals surface area contributed by atoms with Crippen LogP contribution in [0.4, 0.5) is 5.69 Å². The molecule has 0 atom stereocenters. The van der Waals surface area contributed by atoms with Crippen LogP contribution in [0.2, 0.25) is 5.02 Å². The van der Waals surface area contributed by atoms with E-state index >= 15 is 0 Å². The summed E-state index contributed by atoms with van der Waals surface area (Å²) in [6.45, 7) is 3.87. The van der Waals surface area contributed by atoms with E-state index < -0.39 is 10.8 Å². The quantitative estimate of drug-likeness (QED) is 0.684. The van der Waals surface area contributed by atoms with Crippen LogP contribution in [0.25, 0.3) is 0 Å². The number of hydrogen-bond acceptors (Lipinski definition) is 4. The Morgan fingerprint density at radius 3 is 2.76 bits per heavy atom. The lowest BCUT2D eigenvalue weighted by atomic mass is 9.82. The Morgan fingerprint density at radius 2 is 2.14 bits per heavy atom. The molecule has 2 rings (SSSR count). The molecule has 1 aliphatic rings. The summed E-state index contributed by atoms with van der Waals surface area (Å²) in [5, 5.41) is 14.0. The van der Waals surface area contributed by atoms with E-state index in [1.54, 1.807) is 0 Å². The fourth-order valence-corrected chi connectivity index (χ4v) is 2.45. The highest BCUT2D eigenvalue weighted by atomic mass is 35.5. The predicted octanol–water partition coefficient (Wildman–Crippen LogP) is 2.79. The number of benzene rings is 1. The number of nitro benzene ring substituents is 1. The van der Waals surface area contributed by atoms with E-state index in [0.717, 1.165) is 12.8 Å². The molecule has 0 unspecified atom stereocenters. The van der Waals surface area contributed by atoms with Gasteiger partial charge in [0.2, 0.25) is 0 Å². The van der Waals surface area contributed by atoms with Crippen molar-refractivity contribution in [2.45, 2.75) is 19.8 Å². The molecule has 1 fully saturated rings. The van der Waals surface area contributed by atoms with Gasteiger partial charge in [0.15, 0.2) is 0 Å². The number of nitrogens with one attached hydrogen (secondary N) is 1. The number of halogens is 1. The van der Waals surface area contributed by atoms with Crippen LogP contribution in [0.15, 0.2) is 18.2 Å². The third kappa shape index (κ3) is 3.92. The molecule has 0 radical (unpaired) electrons. The average Bonchev–Trinajstić information content (AvgIpc) is 2.45. The topological polar surface area (TPSA) is 81.5 Å². The largest absolute Gasteiger partial charge is 0.381 e. The zero-order chi connectivity index (χ0) is 15.5. The van der Waals surface area contributed by atoms with E-state index in [2.05, 4.69) is 12.2 Å². The summed E-state index contributed by atoms with van der Waals surface area (Å²) in [6, 6.07) is 3.96. The highest BCUT2D eigenvalue weighted by Gasteiger charge is 2.29. The Balaban J connectivity index is 2.09. The number of carbonyl (C=O) groups is 1. The number of nitrogens with zero attached hydrogens (tertiary/aromatic N) is 1. The summed E-state index contributed by atoms with van der Waals surface area (Å²) < 4.78 is 5.30. The molecule has 1 amide bonds. The Labute approximate surface area is 127 Å². The predicted molar refractivity (Wildman–Crippen MR) is 78.6 cm³/mol. The number of carbonyl (C=O) groups excluding carboxylic acids is 1. The molecule has 0 aromatic heterocycles. The van der Waals surface area contributed by atoms with E-state index in [0.29, 0.717) is 24.8 Å². The first-order valence-electron chi connectivity index (χ1n) is 6.71. The smallest absolute Gasteiger partial charge is 0.282 e. The Hall–Kier alpha value is -1.66.